The summed E-state index contributed by atoms with van der Waals surface area (Å²) in [6.45, 7) is 14.9. The van der Waals surface area contributed by atoms with Crippen molar-refractivity contribution in [3.63, 3.8) is 0 Å². The quantitative estimate of drug-likeness (QED) is 0.469. The van der Waals surface area contributed by atoms with Crippen LogP contribution in [0.1, 0.15) is 46.1 Å². The fraction of sp³-hybridized carbons (Fsp3) is 0.682. The van der Waals surface area contributed by atoms with Crippen molar-refractivity contribution in [3.05, 3.63) is 35.9 Å². The molecule has 0 amide bonds. The van der Waals surface area contributed by atoms with Gasteiger partial charge in [0.25, 0.3) is 0 Å². The number of nitrogens with one attached hydrogen (secondary N) is 2. The summed E-state index contributed by atoms with van der Waals surface area (Å²) in [4.78, 5) is 7.31. The summed E-state index contributed by atoms with van der Waals surface area (Å²) in [6, 6.07) is 10.1. The molecule has 1 aromatic carbocycles. The number of nitrogens with zero attached hydrogens (tertiary/aromatic N) is 2. The Labute approximate surface area is 170 Å². The predicted octanol–water partition coefficient (Wildman–Crippen LogP) is 2.21. The van der Waals surface area contributed by atoms with Gasteiger partial charge in [0.05, 0.1) is 25.4 Å². The Kier molecular flexibility index (Phi) is 8.73. The van der Waals surface area contributed by atoms with Crippen molar-refractivity contribution in [1.29, 1.82) is 0 Å². The van der Waals surface area contributed by atoms with Gasteiger partial charge in [0, 0.05) is 37.6 Å². The topological polar surface area (TPSA) is 69.1 Å². The van der Waals surface area contributed by atoms with E-state index in [2.05, 4.69) is 62.3 Å². The standard InChI is InChI=1S/C22H38N4O2/c1-6-23-21(24-12-20(15-27)19-10-8-7-9-11-19)25-16-22(4,5)26-13-17(2)28-18(3)14-26/h7-11,17-18,20,27H,6,12-16H2,1-5H3,(H2,23,24,25). The zero-order valence-electron chi connectivity index (χ0n) is 18.1. The minimum absolute atomic E-state index is 0.0407. The van der Waals surface area contributed by atoms with E-state index in [4.69, 9.17) is 9.73 Å². The molecule has 3 unspecified atom stereocenters. The van der Waals surface area contributed by atoms with Crippen LogP contribution in [0.25, 0.3) is 0 Å². The van der Waals surface area contributed by atoms with Crippen molar-refractivity contribution in [2.75, 3.05) is 39.3 Å². The van der Waals surface area contributed by atoms with E-state index in [-0.39, 0.29) is 30.3 Å². The number of morpholine rings is 1. The molecule has 1 heterocycles. The van der Waals surface area contributed by atoms with Gasteiger partial charge in [-0.1, -0.05) is 30.3 Å². The number of ether oxygens (including phenoxy) is 1. The van der Waals surface area contributed by atoms with Crippen molar-refractivity contribution in [2.24, 2.45) is 4.99 Å². The highest BCUT2D eigenvalue weighted by Crippen LogP contribution is 2.21. The van der Waals surface area contributed by atoms with Gasteiger partial charge in [0.15, 0.2) is 5.96 Å². The van der Waals surface area contributed by atoms with Gasteiger partial charge >= 0.3 is 0 Å². The molecule has 0 radical (unpaired) electrons. The third kappa shape index (κ3) is 6.76. The zero-order valence-corrected chi connectivity index (χ0v) is 18.1. The van der Waals surface area contributed by atoms with Crippen LogP contribution in [0.5, 0.6) is 0 Å². The lowest BCUT2D eigenvalue weighted by Crippen LogP contribution is -2.56. The fourth-order valence-corrected chi connectivity index (χ4v) is 3.62. The van der Waals surface area contributed by atoms with Gasteiger partial charge in [0.2, 0.25) is 0 Å². The maximum absolute atomic E-state index is 9.78. The number of aliphatic hydroxyl groups is 1. The van der Waals surface area contributed by atoms with Crippen molar-refractivity contribution in [2.45, 2.75) is 58.3 Å². The number of hydrogen-bond acceptors (Lipinski definition) is 4. The summed E-state index contributed by atoms with van der Waals surface area (Å²) in [6.07, 6.45) is 0.490. The lowest BCUT2D eigenvalue weighted by atomic mass is 10.00. The normalized spacial score (nSPS) is 22.7. The average molecular weight is 391 g/mol. The first-order chi connectivity index (χ1) is 13.4. The first-order valence-electron chi connectivity index (χ1n) is 10.4. The van der Waals surface area contributed by atoms with Crippen LogP contribution in [0.4, 0.5) is 0 Å². The summed E-state index contributed by atoms with van der Waals surface area (Å²) >= 11 is 0. The van der Waals surface area contributed by atoms with Gasteiger partial charge in [-0.3, -0.25) is 9.89 Å². The average Bonchev–Trinajstić information content (AvgIpc) is 2.66. The number of aliphatic hydroxyl groups excluding tert-OH is 1. The Morgan fingerprint density at radius 2 is 1.86 bits per heavy atom. The number of hydrogen-bond donors (Lipinski definition) is 3. The van der Waals surface area contributed by atoms with Crippen LogP contribution >= 0.6 is 0 Å². The van der Waals surface area contributed by atoms with Gasteiger partial charge in [0.1, 0.15) is 0 Å². The molecule has 158 valence electrons. The molecule has 3 N–H and O–H groups in total. The largest absolute Gasteiger partial charge is 0.396 e. The first kappa shape index (κ1) is 22.7. The lowest BCUT2D eigenvalue weighted by Gasteiger charge is -2.44. The third-order valence-electron chi connectivity index (χ3n) is 5.25. The van der Waals surface area contributed by atoms with E-state index in [0.29, 0.717) is 13.1 Å². The second kappa shape index (κ2) is 10.8. The highest BCUT2D eigenvalue weighted by atomic mass is 16.5. The van der Waals surface area contributed by atoms with Gasteiger partial charge < -0.3 is 20.5 Å². The van der Waals surface area contributed by atoms with Gasteiger partial charge in [-0.25, -0.2) is 0 Å². The molecule has 2 rings (SSSR count). The molecule has 1 saturated heterocycles. The summed E-state index contributed by atoms with van der Waals surface area (Å²) in [5.74, 6) is 0.832. The van der Waals surface area contributed by atoms with Crippen molar-refractivity contribution in [1.82, 2.24) is 15.5 Å². The molecule has 1 fully saturated rings. The molecule has 1 aliphatic rings. The van der Waals surface area contributed by atoms with Crippen LogP contribution in [0.15, 0.2) is 35.3 Å². The van der Waals surface area contributed by atoms with E-state index in [0.717, 1.165) is 31.2 Å². The highest BCUT2D eigenvalue weighted by Gasteiger charge is 2.33. The van der Waals surface area contributed by atoms with E-state index in [9.17, 15) is 5.11 Å². The maximum atomic E-state index is 9.78. The molecule has 0 spiro atoms. The molecule has 0 aromatic heterocycles. The summed E-state index contributed by atoms with van der Waals surface area (Å²) < 4.78 is 5.87. The van der Waals surface area contributed by atoms with E-state index in [1.807, 2.05) is 18.2 Å². The number of guanidine groups is 1. The molecule has 0 saturated carbocycles. The number of rotatable bonds is 8. The lowest BCUT2D eigenvalue weighted by molar-refractivity contribution is -0.0939. The Balaban J connectivity index is 1.98. The SMILES string of the molecule is CCNC(=NCC(C)(C)N1CC(C)OC(C)C1)NCC(CO)c1ccccc1. The molecule has 28 heavy (non-hydrogen) atoms. The van der Waals surface area contributed by atoms with Crippen molar-refractivity contribution >= 4 is 5.96 Å². The molecule has 0 aliphatic carbocycles. The number of benzene rings is 1. The van der Waals surface area contributed by atoms with Crippen LogP contribution in [-0.2, 0) is 4.74 Å². The Bertz CT molecular complexity index is 596. The zero-order chi connectivity index (χ0) is 20.6. The van der Waals surface area contributed by atoms with Gasteiger partial charge in [-0.15, -0.1) is 0 Å². The van der Waals surface area contributed by atoms with Crippen molar-refractivity contribution < 1.29 is 9.84 Å². The second-order valence-electron chi connectivity index (χ2n) is 8.34. The smallest absolute Gasteiger partial charge is 0.191 e. The molecular formula is C22H38N4O2. The maximum Gasteiger partial charge on any atom is 0.191 e. The molecule has 1 aliphatic heterocycles. The first-order valence-corrected chi connectivity index (χ1v) is 10.4. The minimum atomic E-state index is -0.0511. The Morgan fingerprint density at radius 1 is 1.21 bits per heavy atom. The number of aliphatic imine (C=N–C) groups is 1. The molecule has 6 heteroatoms. The third-order valence-corrected chi connectivity index (χ3v) is 5.25. The fourth-order valence-electron chi connectivity index (χ4n) is 3.62. The summed E-state index contributed by atoms with van der Waals surface area (Å²) in [7, 11) is 0. The highest BCUT2D eigenvalue weighted by molar-refractivity contribution is 5.79. The summed E-state index contributed by atoms with van der Waals surface area (Å²) in [5.41, 5.74) is 1.08. The van der Waals surface area contributed by atoms with Gasteiger partial charge in [-0.2, -0.15) is 0 Å². The second-order valence-corrected chi connectivity index (χ2v) is 8.34. The van der Waals surface area contributed by atoms with Crippen LogP contribution in [-0.4, -0.2) is 73.0 Å². The van der Waals surface area contributed by atoms with Crippen LogP contribution in [0.3, 0.4) is 0 Å². The summed E-state index contributed by atoms with van der Waals surface area (Å²) in [5, 5.41) is 16.5. The van der Waals surface area contributed by atoms with E-state index in [1.165, 1.54) is 0 Å². The minimum Gasteiger partial charge on any atom is -0.396 e. The van der Waals surface area contributed by atoms with E-state index < -0.39 is 0 Å². The van der Waals surface area contributed by atoms with Crippen LogP contribution < -0.4 is 10.6 Å². The van der Waals surface area contributed by atoms with Crippen molar-refractivity contribution in [3.8, 4) is 0 Å². The molecule has 3 atom stereocenters. The molecule has 6 nitrogen and oxygen atoms in total. The molecular weight excluding hydrogens is 352 g/mol. The van der Waals surface area contributed by atoms with Crippen LogP contribution in [0, 0.1) is 0 Å². The van der Waals surface area contributed by atoms with Crippen LogP contribution in [0.2, 0.25) is 0 Å². The van der Waals surface area contributed by atoms with Gasteiger partial charge in [-0.05, 0) is 40.2 Å². The molecule has 0 bridgehead atoms. The predicted molar refractivity (Wildman–Crippen MR) is 116 cm³/mol. The molecule has 1 aromatic rings. The Morgan fingerprint density at radius 3 is 2.43 bits per heavy atom. The van der Waals surface area contributed by atoms with E-state index >= 15 is 0 Å². The monoisotopic (exact) mass is 390 g/mol. The Hall–Kier alpha value is -1.63. The van der Waals surface area contributed by atoms with E-state index in [1.54, 1.807) is 0 Å².